The van der Waals surface area contributed by atoms with E-state index in [1.165, 1.54) is 11.0 Å². The molecule has 3 rings (SSSR count). The number of hydrogen-bond acceptors (Lipinski definition) is 3. The maximum Gasteiger partial charge on any atom is 0.326 e. The summed E-state index contributed by atoms with van der Waals surface area (Å²) in [5.41, 5.74) is 0.273. The Morgan fingerprint density at radius 3 is 2.62 bits per heavy atom. The summed E-state index contributed by atoms with van der Waals surface area (Å²) in [5, 5.41) is 9.23. The molecule has 2 heterocycles. The molecule has 1 N–H and O–H groups in total. The van der Waals surface area contributed by atoms with Crippen molar-refractivity contribution in [3.8, 4) is 0 Å². The van der Waals surface area contributed by atoms with Gasteiger partial charge in [0.1, 0.15) is 6.04 Å². The second-order valence-corrected chi connectivity index (χ2v) is 7.52. The van der Waals surface area contributed by atoms with Crippen LogP contribution in [0.3, 0.4) is 0 Å². The standard InChI is InChI=1S/C19H24F2N2O3/c1-13(18(25)26)23-12-19(6-5-16(23)24)7-9-22(10-8-19)11-14-3-2-4-15(20)17(14)21/h2-4,13H,5-12H2,1H3,(H,25,26)/t13-/m0/s1. The van der Waals surface area contributed by atoms with Crippen molar-refractivity contribution >= 4 is 11.9 Å². The van der Waals surface area contributed by atoms with Gasteiger partial charge in [-0.3, -0.25) is 9.69 Å². The number of nitrogens with zero attached hydrogens (tertiary/aromatic N) is 2. The van der Waals surface area contributed by atoms with Crippen LogP contribution >= 0.6 is 0 Å². The number of amides is 1. The van der Waals surface area contributed by atoms with Crippen LogP contribution in [0.2, 0.25) is 0 Å². The zero-order valence-electron chi connectivity index (χ0n) is 14.9. The fraction of sp³-hybridized carbons (Fsp3) is 0.579. The molecule has 2 saturated heterocycles. The molecule has 142 valence electrons. The third kappa shape index (κ3) is 3.72. The molecule has 1 aromatic carbocycles. The third-order valence-corrected chi connectivity index (χ3v) is 5.86. The monoisotopic (exact) mass is 366 g/mol. The summed E-state index contributed by atoms with van der Waals surface area (Å²) >= 11 is 0. The van der Waals surface area contributed by atoms with E-state index in [1.54, 1.807) is 13.0 Å². The van der Waals surface area contributed by atoms with Crippen molar-refractivity contribution in [3.05, 3.63) is 35.4 Å². The van der Waals surface area contributed by atoms with E-state index in [2.05, 4.69) is 4.90 Å². The van der Waals surface area contributed by atoms with Crippen molar-refractivity contribution < 1.29 is 23.5 Å². The van der Waals surface area contributed by atoms with Gasteiger partial charge in [0.05, 0.1) is 0 Å². The van der Waals surface area contributed by atoms with Crippen molar-refractivity contribution in [2.45, 2.75) is 45.2 Å². The van der Waals surface area contributed by atoms with Crippen LogP contribution in [0.5, 0.6) is 0 Å². The smallest absolute Gasteiger partial charge is 0.326 e. The normalized spacial score (nSPS) is 21.8. The van der Waals surface area contributed by atoms with E-state index < -0.39 is 23.6 Å². The summed E-state index contributed by atoms with van der Waals surface area (Å²) in [6.45, 7) is 3.80. The van der Waals surface area contributed by atoms with Gasteiger partial charge in [0.25, 0.3) is 0 Å². The summed E-state index contributed by atoms with van der Waals surface area (Å²) in [7, 11) is 0. The summed E-state index contributed by atoms with van der Waals surface area (Å²) < 4.78 is 27.2. The van der Waals surface area contributed by atoms with Gasteiger partial charge in [0, 0.05) is 25.1 Å². The molecule has 0 bridgehead atoms. The average molecular weight is 366 g/mol. The number of halogens is 2. The molecule has 1 amide bonds. The second-order valence-electron chi connectivity index (χ2n) is 7.52. The van der Waals surface area contributed by atoms with E-state index in [1.807, 2.05) is 0 Å². The van der Waals surface area contributed by atoms with Crippen molar-refractivity contribution in [1.29, 1.82) is 0 Å². The first-order valence-electron chi connectivity index (χ1n) is 8.99. The van der Waals surface area contributed by atoms with Crippen LogP contribution in [0.15, 0.2) is 18.2 Å². The predicted octanol–water partition coefficient (Wildman–Crippen LogP) is 2.64. The molecule has 0 aliphatic carbocycles. The van der Waals surface area contributed by atoms with Gasteiger partial charge < -0.3 is 10.0 Å². The largest absolute Gasteiger partial charge is 0.480 e. The van der Waals surface area contributed by atoms with Gasteiger partial charge in [-0.15, -0.1) is 0 Å². The number of carboxylic acids is 1. The minimum atomic E-state index is -0.991. The molecule has 1 atom stereocenters. The maximum absolute atomic E-state index is 13.9. The van der Waals surface area contributed by atoms with Crippen molar-refractivity contribution in [2.75, 3.05) is 19.6 Å². The summed E-state index contributed by atoms with van der Waals surface area (Å²) in [6, 6.07) is 3.40. The molecule has 5 nitrogen and oxygen atoms in total. The molecule has 0 saturated carbocycles. The fourth-order valence-corrected chi connectivity index (χ4v) is 4.04. The molecule has 1 aromatic rings. The van der Waals surface area contributed by atoms with Crippen molar-refractivity contribution in [3.63, 3.8) is 0 Å². The van der Waals surface area contributed by atoms with E-state index in [0.717, 1.165) is 38.4 Å². The van der Waals surface area contributed by atoms with Crippen LogP contribution in [-0.4, -0.2) is 52.5 Å². The van der Waals surface area contributed by atoms with E-state index in [0.29, 0.717) is 25.1 Å². The quantitative estimate of drug-likeness (QED) is 0.890. The molecule has 0 unspecified atom stereocenters. The lowest BCUT2D eigenvalue weighted by atomic mass is 9.72. The molecule has 0 aromatic heterocycles. The Hall–Kier alpha value is -2.02. The number of benzene rings is 1. The van der Waals surface area contributed by atoms with Gasteiger partial charge in [-0.05, 0) is 50.8 Å². The number of piperidine rings is 2. The number of aliphatic carboxylic acids is 1. The lowest BCUT2D eigenvalue weighted by molar-refractivity contribution is -0.155. The topological polar surface area (TPSA) is 60.9 Å². The van der Waals surface area contributed by atoms with Gasteiger partial charge >= 0.3 is 5.97 Å². The highest BCUT2D eigenvalue weighted by molar-refractivity contribution is 5.84. The Morgan fingerprint density at radius 1 is 1.27 bits per heavy atom. The molecule has 7 heteroatoms. The van der Waals surface area contributed by atoms with Gasteiger partial charge in [-0.25, -0.2) is 13.6 Å². The fourth-order valence-electron chi connectivity index (χ4n) is 4.04. The van der Waals surface area contributed by atoms with Crippen LogP contribution in [0.1, 0.15) is 38.2 Å². The van der Waals surface area contributed by atoms with Crippen LogP contribution in [0.4, 0.5) is 8.78 Å². The number of likely N-dealkylation sites (tertiary alicyclic amines) is 2. The SMILES string of the molecule is C[C@@H](C(=O)O)N1CC2(CCC1=O)CCN(Cc1cccc(F)c1F)CC2. The molecule has 26 heavy (non-hydrogen) atoms. The predicted molar refractivity (Wildman–Crippen MR) is 91.3 cm³/mol. The molecular formula is C19H24F2N2O3. The molecule has 2 aliphatic rings. The number of rotatable bonds is 4. The summed E-state index contributed by atoms with van der Waals surface area (Å²) in [5.74, 6) is -2.72. The highest BCUT2D eigenvalue weighted by Crippen LogP contribution is 2.41. The first-order chi connectivity index (χ1) is 12.3. The van der Waals surface area contributed by atoms with Crippen molar-refractivity contribution in [2.24, 2.45) is 5.41 Å². The van der Waals surface area contributed by atoms with Crippen LogP contribution in [0, 0.1) is 17.0 Å². The Morgan fingerprint density at radius 2 is 1.96 bits per heavy atom. The zero-order valence-corrected chi connectivity index (χ0v) is 14.9. The Labute approximate surface area is 151 Å². The minimum Gasteiger partial charge on any atom is -0.480 e. The molecule has 2 fully saturated rings. The summed E-state index contributed by atoms with van der Waals surface area (Å²) in [6.07, 6.45) is 2.77. The summed E-state index contributed by atoms with van der Waals surface area (Å²) in [4.78, 5) is 26.9. The molecular weight excluding hydrogens is 342 g/mol. The third-order valence-electron chi connectivity index (χ3n) is 5.86. The Kier molecular flexibility index (Phi) is 5.27. The lowest BCUT2D eigenvalue weighted by Crippen LogP contribution is -2.55. The van der Waals surface area contributed by atoms with Gasteiger partial charge in [0.2, 0.25) is 5.91 Å². The van der Waals surface area contributed by atoms with Crippen LogP contribution in [-0.2, 0) is 16.1 Å². The average Bonchev–Trinajstić information content (AvgIpc) is 2.62. The molecule has 2 aliphatic heterocycles. The number of carbonyl (C=O) groups is 2. The zero-order chi connectivity index (χ0) is 18.9. The highest BCUT2D eigenvalue weighted by Gasteiger charge is 2.43. The van der Waals surface area contributed by atoms with Crippen molar-refractivity contribution in [1.82, 2.24) is 9.80 Å². The first kappa shape index (κ1) is 18.8. The van der Waals surface area contributed by atoms with E-state index >= 15 is 0 Å². The maximum atomic E-state index is 13.9. The van der Waals surface area contributed by atoms with Crippen LogP contribution < -0.4 is 0 Å². The number of carboxylic acid groups (broad SMARTS) is 1. The van der Waals surface area contributed by atoms with Gasteiger partial charge in [0.15, 0.2) is 11.6 Å². The first-order valence-corrected chi connectivity index (χ1v) is 8.99. The second kappa shape index (κ2) is 7.31. The number of hydrogen-bond donors (Lipinski definition) is 1. The highest BCUT2D eigenvalue weighted by atomic mass is 19.2. The van der Waals surface area contributed by atoms with Gasteiger partial charge in [-0.1, -0.05) is 12.1 Å². The number of carbonyl (C=O) groups excluding carboxylic acids is 1. The minimum absolute atomic E-state index is 0.0748. The molecule has 0 radical (unpaired) electrons. The van der Waals surface area contributed by atoms with E-state index in [-0.39, 0.29) is 11.3 Å². The van der Waals surface area contributed by atoms with E-state index in [4.69, 9.17) is 0 Å². The van der Waals surface area contributed by atoms with Crippen LogP contribution in [0.25, 0.3) is 0 Å². The Balaban J connectivity index is 1.63. The lowest BCUT2D eigenvalue weighted by Gasteiger charge is -2.48. The molecule has 1 spiro atoms. The van der Waals surface area contributed by atoms with Gasteiger partial charge in [-0.2, -0.15) is 0 Å². The Bertz CT molecular complexity index is 702. The van der Waals surface area contributed by atoms with E-state index in [9.17, 15) is 23.5 Å².